The number of hydrogen-bond donors (Lipinski definition) is 1. The molecule has 1 aliphatic heterocycles. The molecule has 3 rings (SSSR count). The number of hydrogen-bond acceptors (Lipinski definition) is 4. The van der Waals surface area contributed by atoms with Crippen LogP contribution in [0, 0.1) is 0 Å². The van der Waals surface area contributed by atoms with E-state index in [1.807, 2.05) is 0 Å². The minimum absolute atomic E-state index is 0.0231. The number of aromatic nitrogens is 1. The van der Waals surface area contributed by atoms with Gasteiger partial charge in [-0.3, -0.25) is 4.79 Å². The number of rotatable bonds is 6. The number of anilines is 1. The zero-order chi connectivity index (χ0) is 25.3. The van der Waals surface area contributed by atoms with Crippen molar-refractivity contribution in [3.8, 4) is 0 Å². The van der Waals surface area contributed by atoms with Crippen molar-refractivity contribution in [2.45, 2.75) is 30.7 Å². The number of pyridine rings is 1. The molecule has 1 aromatic carbocycles. The SMILES string of the molecule is CSCC(=O)NCc1ccc(N2CCC(c3cc(Cl)cc(Cl)c3)(C(F)(F)F)C2)nc1C(F)(F)F. The van der Waals surface area contributed by atoms with E-state index < -0.39 is 48.9 Å². The van der Waals surface area contributed by atoms with Crippen LogP contribution in [0.2, 0.25) is 10.0 Å². The molecule has 1 fully saturated rings. The lowest BCUT2D eigenvalue weighted by atomic mass is 9.79. The van der Waals surface area contributed by atoms with E-state index in [-0.39, 0.29) is 39.3 Å². The van der Waals surface area contributed by atoms with Crippen LogP contribution in [-0.2, 0) is 22.9 Å². The smallest absolute Gasteiger partial charge is 0.355 e. The lowest BCUT2D eigenvalue weighted by Crippen LogP contribution is -2.45. The molecule has 0 bridgehead atoms. The van der Waals surface area contributed by atoms with E-state index in [9.17, 15) is 31.1 Å². The molecule has 0 aliphatic carbocycles. The maximum atomic E-state index is 14.3. The summed E-state index contributed by atoms with van der Waals surface area (Å²) >= 11 is 13.1. The van der Waals surface area contributed by atoms with Gasteiger partial charge in [0, 0.05) is 35.2 Å². The van der Waals surface area contributed by atoms with Gasteiger partial charge in [0.15, 0.2) is 5.69 Å². The summed E-state index contributed by atoms with van der Waals surface area (Å²) in [6, 6.07) is 5.98. The third-order valence-electron chi connectivity index (χ3n) is 5.54. The Morgan fingerprint density at radius 1 is 1.15 bits per heavy atom. The Morgan fingerprint density at radius 3 is 2.35 bits per heavy atom. The predicted molar refractivity (Wildman–Crippen MR) is 120 cm³/mol. The molecular formula is C21H19Cl2F6N3OS. The second kappa shape index (κ2) is 10.0. The van der Waals surface area contributed by atoms with Gasteiger partial charge in [-0.1, -0.05) is 29.3 Å². The minimum atomic E-state index is -4.86. The minimum Gasteiger partial charge on any atom is -0.355 e. The Balaban J connectivity index is 1.95. The maximum Gasteiger partial charge on any atom is 0.433 e. The maximum absolute atomic E-state index is 14.3. The Hall–Kier alpha value is -1.85. The first-order valence-corrected chi connectivity index (χ1v) is 12.0. The summed E-state index contributed by atoms with van der Waals surface area (Å²) in [7, 11) is 0. The van der Waals surface area contributed by atoms with Crippen molar-refractivity contribution in [2.75, 3.05) is 30.0 Å². The van der Waals surface area contributed by atoms with Crippen LogP contribution >= 0.6 is 35.0 Å². The average Bonchev–Trinajstić information content (AvgIpc) is 3.18. The average molecular weight is 546 g/mol. The molecule has 186 valence electrons. The molecule has 1 atom stereocenters. The van der Waals surface area contributed by atoms with Crippen LogP contribution in [0.1, 0.15) is 23.2 Å². The fraction of sp³-hybridized carbons (Fsp3) is 0.429. The van der Waals surface area contributed by atoms with Crippen LogP contribution in [-0.4, -0.2) is 42.2 Å². The van der Waals surface area contributed by atoms with Crippen LogP contribution in [0.4, 0.5) is 32.2 Å². The van der Waals surface area contributed by atoms with Gasteiger partial charge >= 0.3 is 12.4 Å². The Kier molecular flexibility index (Phi) is 7.89. The number of amides is 1. The standard InChI is InChI=1S/C21H19Cl2F6N3OS/c1-34-10-17(33)30-9-12-2-3-16(31-18(12)20(24,25)26)32-5-4-19(11-32,21(27,28)29)13-6-14(22)8-15(23)7-13/h2-3,6-8H,4-5,9-11H2,1H3,(H,30,33). The predicted octanol–water partition coefficient (Wildman–Crippen LogP) is 6.10. The summed E-state index contributed by atoms with van der Waals surface area (Å²) < 4.78 is 83.8. The molecule has 0 radical (unpaired) electrons. The van der Waals surface area contributed by atoms with E-state index in [2.05, 4.69) is 10.3 Å². The van der Waals surface area contributed by atoms with Crippen LogP contribution in [0.15, 0.2) is 30.3 Å². The van der Waals surface area contributed by atoms with E-state index in [1.165, 1.54) is 36.0 Å². The summed E-state index contributed by atoms with van der Waals surface area (Å²) in [4.78, 5) is 16.4. The number of benzene rings is 1. The molecule has 0 saturated carbocycles. The van der Waals surface area contributed by atoms with Gasteiger partial charge in [-0.25, -0.2) is 4.98 Å². The number of thioether (sulfide) groups is 1. The van der Waals surface area contributed by atoms with Gasteiger partial charge in [-0.05, 0) is 42.5 Å². The van der Waals surface area contributed by atoms with Crippen LogP contribution in [0.5, 0.6) is 0 Å². The van der Waals surface area contributed by atoms with Crippen molar-refractivity contribution in [2.24, 2.45) is 0 Å². The van der Waals surface area contributed by atoms with Gasteiger partial charge in [-0.15, -0.1) is 0 Å². The summed E-state index contributed by atoms with van der Waals surface area (Å²) in [6.07, 6.45) is -8.32. The third kappa shape index (κ3) is 5.68. The highest BCUT2D eigenvalue weighted by Crippen LogP contribution is 2.49. The zero-order valence-corrected chi connectivity index (χ0v) is 20.0. The zero-order valence-electron chi connectivity index (χ0n) is 17.7. The second-order valence-electron chi connectivity index (χ2n) is 7.79. The lowest BCUT2D eigenvalue weighted by molar-refractivity contribution is -0.184. The fourth-order valence-electron chi connectivity index (χ4n) is 3.88. The molecule has 0 spiro atoms. The number of halogens is 8. The molecule has 1 N–H and O–H groups in total. The highest BCUT2D eigenvalue weighted by atomic mass is 35.5. The molecule has 1 unspecified atom stereocenters. The van der Waals surface area contributed by atoms with E-state index in [1.54, 1.807) is 6.26 Å². The summed E-state index contributed by atoms with van der Waals surface area (Å²) in [5.74, 6) is -0.613. The van der Waals surface area contributed by atoms with Gasteiger partial charge in [-0.2, -0.15) is 38.1 Å². The van der Waals surface area contributed by atoms with E-state index >= 15 is 0 Å². The Bertz CT molecular complexity index is 1050. The number of nitrogens with one attached hydrogen (secondary N) is 1. The van der Waals surface area contributed by atoms with Crippen molar-refractivity contribution < 1.29 is 31.1 Å². The number of carbonyl (C=O) groups excluding carboxylic acids is 1. The van der Waals surface area contributed by atoms with Gasteiger partial charge in [0.25, 0.3) is 0 Å². The van der Waals surface area contributed by atoms with Gasteiger partial charge in [0.05, 0.1) is 5.75 Å². The number of alkyl halides is 6. The second-order valence-corrected chi connectivity index (χ2v) is 9.53. The lowest BCUT2D eigenvalue weighted by Gasteiger charge is -2.33. The monoisotopic (exact) mass is 545 g/mol. The molecule has 1 amide bonds. The van der Waals surface area contributed by atoms with E-state index in [4.69, 9.17) is 23.2 Å². The molecule has 13 heteroatoms. The summed E-state index contributed by atoms with van der Waals surface area (Å²) in [6.45, 7) is -1.24. The molecule has 2 heterocycles. The molecule has 34 heavy (non-hydrogen) atoms. The number of nitrogens with zero attached hydrogens (tertiary/aromatic N) is 2. The fourth-order valence-corrected chi connectivity index (χ4v) is 4.77. The van der Waals surface area contributed by atoms with E-state index in [0.717, 1.165) is 11.0 Å². The quantitative estimate of drug-likeness (QED) is 0.446. The first-order valence-electron chi connectivity index (χ1n) is 9.88. The first-order chi connectivity index (χ1) is 15.8. The van der Waals surface area contributed by atoms with Crippen molar-refractivity contribution in [1.82, 2.24) is 10.3 Å². The van der Waals surface area contributed by atoms with Crippen molar-refractivity contribution in [3.63, 3.8) is 0 Å². The normalized spacial score (nSPS) is 18.9. The van der Waals surface area contributed by atoms with Crippen molar-refractivity contribution in [3.05, 3.63) is 57.2 Å². The highest BCUT2D eigenvalue weighted by molar-refractivity contribution is 7.99. The molecule has 2 aromatic rings. The molecule has 1 aromatic heterocycles. The van der Waals surface area contributed by atoms with Crippen LogP contribution in [0.25, 0.3) is 0 Å². The molecular weight excluding hydrogens is 527 g/mol. The molecule has 4 nitrogen and oxygen atoms in total. The summed E-state index contributed by atoms with van der Waals surface area (Å²) in [5, 5.41) is 2.43. The Labute approximate surface area is 206 Å². The first kappa shape index (κ1) is 26.7. The van der Waals surface area contributed by atoms with E-state index in [0.29, 0.717) is 0 Å². The molecule has 1 aliphatic rings. The van der Waals surface area contributed by atoms with Crippen molar-refractivity contribution >= 4 is 46.7 Å². The largest absolute Gasteiger partial charge is 0.433 e. The van der Waals surface area contributed by atoms with Gasteiger partial charge in [0.2, 0.25) is 5.91 Å². The number of carbonyl (C=O) groups is 1. The molecule has 1 saturated heterocycles. The Morgan fingerprint density at radius 2 is 1.79 bits per heavy atom. The van der Waals surface area contributed by atoms with Crippen LogP contribution < -0.4 is 10.2 Å². The topological polar surface area (TPSA) is 45.2 Å². The van der Waals surface area contributed by atoms with Crippen LogP contribution in [0.3, 0.4) is 0 Å². The highest BCUT2D eigenvalue weighted by Gasteiger charge is 2.59. The third-order valence-corrected chi connectivity index (χ3v) is 6.52. The summed E-state index contributed by atoms with van der Waals surface area (Å²) in [5.41, 5.74) is -4.09. The van der Waals surface area contributed by atoms with Gasteiger partial charge < -0.3 is 10.2 Å². The van der Waals surface area contributed by atoms with Crippen molar-refractivity contribution in [1.29, 1.82) is 0 Å². The van der Waals surface area contributed by atoms with Gasteiger partial charge in [0.1, 0.15) is 11.2 Å².